The smallest absolute Gasteiger partial charge is 0.327 e. The van der Waals surface area contributed by atoms with Crippen LogP contribution in [0.25, 0.3) is 0 Å². The molecule has 7 heteroatoms. The van der Waals surface area contributed by atoms with E-state index in [0.29, 0.717) is 17.3 Å². The molecule has 0 aromatic heterocycles. The molecule has 1 fully saturated rings. The van der Waals surface area contributed by atoms with Crippen molar-refractivity contribution < 1.29 is 14.4 Å². The second-order valence-corrected chi connectivity index (χ2v) is 5.90. The highest BCUT2D eigenvalue weighted by atomic mass is 79.9. The Morgan fingerprint density at radius 2 is 2.32 bits per heavy atom. The second kappa shape index (κ2) is 5.05. The molecule has 0 unspecified atom stereocenters. The minimum Gasteiger partial charge on any atom is -0.388 e. The molecule has 0 bridgehead atoms. The van der Waals surface area contributed by atoms with E-state index in [1.807, 2.05) is 0 Å². The van der Waals surface area contributed by atoms with Crippen molar-refractivity contribution in [1.82, 2.24) is 0 Å². The molecule has 0 spiro atoms. The molecule has 0 saturated heterocycles. The molecule has 0 heterocycles. The lowest BCUT2D eigenvalue weighted by Gasteiger charge is -2.27. The molecule has 19 heavy (non-hydrogen) atoms. The Hall–Kier alpha value is -1.21. The molecule has 2 atom stereocenters. The van der Waals surface area contributed by atoms with E-state index in [9.17, 15) is 19.6 Å². The zero-order chi connectivity index (χ0) is 14.2. The van der Waals surface area contributed by atoms with Gasteiger partial charge in [-0.25, -0.2) is 0 Å². The molecule has 104 valence electrons. The number of anilines is 1. The van der Waals surface area contributed by atoms with Crippen molar-refractivity contribution in [3.63, 3.8) is 0 Å². The predicted molar refractivity (Wildman–Crippen MR) is 72.6 cm³/mol. The molecule has 0 aliphatic heterocycles. The number of hydrogen-bond donors (Lipinski definition) is 2. The summed E-state index contributed by atoms with van der Waals surface area (Å²) in [7, 11) is 0. The summed E-state index contributed by atoms with van der Waals surface area (Å²) in [5.41, 5.74) is -1.44. The zero-order valence-corrected chi connectivity index (χ0v) is 11.9. The molecule has 0 radical (unpaired) electrons. The first-order valence-corrected chi connectivity index (χ1v) is 6.73. The molecule has 5 nitrogen and oxygen atoms in total. The number of benzene rings is 1. The van der Waals surface area contributed by atoms with Gasteiger partial charge in [0.05, 0.1) is 16.6 Å². The van der Waals surface area contributed by atoms with Crippen LogP contribution in [0.2, 0.25) is 0 Å². The van der Waals surface area contributed by atoms with Crippen LogP contribution in [-0.4, -0.2) is 21.7 Å². The molecule has 2 N–H and O–H groups in total. The lowest BCUT2D eigenvalue weighted by molar-refractivity contribution is -0.386. The summed E-state index contributed by atoms with van der Waals surface area (Å²) >= 11 is 3.11. The van der Waals surface area contributed by atoms with Gasteiger partial charge in [0.15, 0.2) is 0 Å². The maximum atomic E-state index is 13.7. The summed E-state index contributed by atoms with van der Waals surface area (Å²) < 4.78 is 14.1. The molecule has 0 amide bonds. The number of nitrogens with zero attached hydrogens (tertiary/aromatic N) is 1. The van der Waals surface area contributed by atoms with E-state index in [4.69, 9.17) is 0 Å². The van der Waals surface area contributed by atoms with Gasteiger partial charge in [0.1, 0.15) is 5.69 Å². The Labute approximate surface area is 118 Å². The zero-order valence-electron chi connectivity index (χ0n) is 10.3. The Morgan fingerprint density at radius 1 is 1.63 bits per heavy atom. The van der Waals surface area contributed by atoms with Crippen molar-refractivity contribution in [3.8, 4) is 0 Å². The third-order valence-corrected chi connectivity index (χ3v) is 3.92. The molecular formula is C12H14BrFN2O3. The lowest BCUT2D eigenvalue weighted by Crippen LogP contribution is -2.39. The fourth-order valence-electron chi connectivity index (χ4n) is 2.43. The van der Waals surface area contributed by atoms with Crippen molar-refractivity contribution in [2.75, 3.05) is 5.32 Å². The molecule has 2 rings (SSSR count). The van der Waals surface area contributed by atoms with Crippen LogP contribution >= 0.6 is 15.9 Å². The fourth-order valence-corrected chi connectivity index (χ4v) is 2.86. The summed E-state index contributed by atoms with van der Waals surface area (Å²) in [5, 5.41) is 24.0. The summed E-state index contributed by atoms with van der Waals surface area (Å²) in [6, 6.07) is 2.19. The summed E-state index contributed by atoms with van der Waals surface area (Å²) in [4.78, 5) is 10.2. The van der Waals surface area contributed by atoms with Crippen molar-refractivity contribution in [3.05, 3.63) is 32.5 Å². The van der Waals surface area contributed by atoms with Gasteiger partial charge in [0.25, 0.3) is 0 Å². The van der Waals surface area contributed by atoms with Crippen molar-refractivity contribution in [2.45, 2.75) is 37.8 Å². The van der Waals surface area contributed by atoms with Crippen LogP contribution in [0.15, 0.2) is 16.6 Å². The normalized spacial score (nSPS) is 26.4. The topological polar surface area (TPSA) is 75.4 Å². The summed E-state index contributed by atoms with van der Waals surface area (Å²) in [6.07, 6.45) is 2.14. The Balaban J connectivity index is 2.37. The Kier molecular flexibility index (Phi) is 3.78. The standard InChI is InChI=1S/C12H14BrFN2O3/c1-12(17)4-2-3-10(12)15-9-6-7(13)5-8(14)11(9)16(18)19/h5-6,10,15,17H,2-4H2,1H3/t10-,12-/m1/s1. The average molecular weight is 333 g/mol. The van der Waals surface area contributed by atoms with E-state index < -0.39 is 22.0 Å². The fraction of sp³-hybridized carbons (Fsp3) is 0.500. The van der Waals surface area contributed by atoms with Gasteiger partial charge in [0, 0.05) is 4.47 Å². The molecule has 1 aromatic rings. The Bertz CT molecular complexity index is 522. The highest BCUT2D eigenvalue weighted by Crippen LogP contribution is 2.37. The van der Waals surface area contributed by atoms with Gasteiger partial charge >= 0.3 is 5.69 Å². The van der Waals surface area contributed by atoms with E-state index in [0.717, 1.165) is 12.5 Å². The molecular weight excluding hydrogens is 319 g/mol. The van der Waals surface area contributed by atoms with Gasteiger partial charge in [-0.3, -0.25) is 10.1 Å². The van der Waals surface area contributed by atoms with E-state index in [-0.39, 0.29) is 11.7 Å². The number of nitrogens with one attached hydrogen (secondary N) is 1. The third kappa shape index (κ3) is 2.87. The number of hydrogen-bond acceptors (Lipinski definition) is 4. The summed E-state index contributed by atoms with van der Waals surface area (Å²) in [6.45, 7) is 1.68. The summed E-state index contributed by atoms with van der Waals surface area (Å²) in [5.74, 6) is -0.903. The number of aliphatic hydroxyl groups is 1. The maximum absolute atomic E-state index is 13.7. The Morgan fingerprint density at radius 3 is 2.84 bits per heavy atom. The second-order valence-electron chi connectivity index (χ2n) is 4.99. The number of halogens is 2. The van der Waals surface area contributed by atoms with E-state index in [1.54, 1.807) is 6.92 Å². The average Bonchev–Trinajstić information content (AvgIpc) is 2.56. The minimum absolute atomic E-state index is 0.0871. The van der Waals surface area contributed by atoms with Crippen molar-refractivity contribution in [2.24, 2.45) is 0 Å². The quantitative estimate of drug-likeness (QED) is 0.658. The number of nitro groups is 1. The molecule has 1 saturated carbocycles. The van der Waals surface area contributed by atoms with Crippen LogP contribution in [0, 0.1) is 15.9 Å². The molecule has 1 aliphatic carbocycles. The largest absolute Gasteiger partial charge is 0.388 e. The van der Waals surface area contributed by atoms with Crippen LogP contribution < -0.4 is 5.32 Å². The number of rotatable bonds is 3. The first-order chi connectivity index (χ1) is 8.81. The first-order valence-electron chi connectivity index (χ1n) is 5.93. The SMILES string of the molecule is C[C@@]1(O)CCC[C@H]1Nc1cc(Br)cc(F)c1[N+](=O)[O-]. The van der Waals surface area contributed by atoms with E-state index in [2.05, 4.69) is 21.2 Å². The maximum Gasteiger partial charge on any atom is 0.327 e. The van der Waals surface area contributed by atoms with Gasteiger partial charge in [-0.05, 0) is 38.3 Å². The van der Waals surface area contributed by atoms with Crippen LogP contribution in [0.4, 0.5) is 15.8 Å². The molecule has 1 aromatic carbocycles. The van der Waals surface area contributed by atoms with Crippen LogP contribution in [0.3, 0.4) is 0 Å². The highest BCUT2D eigenvalue weighted by molar-refractivity contribution is 9.10. The van der Waals surface area contributed by atoms with Crippen molar-refractivity contribution >= 4 is 27.3 Å². The van der Waals surface area contributed by atoms with E-state index in [1.165, 1.54) is 6.07 Å². The van der Waals surface area contributed by atoms with Crippen LogP contribution in [0.1, 0.15) is 26.2 Å². The minimum atomic E-state index is -0.938. The van der Waals surface area contributed by atoms with Gasteiger partial charge in [0.2, 0.25) is 5.82 Å². The van der Waals surface area contributed by atoms with E-state index >= 15 is 0 Å². The predicted octanol–water partition coefficient (Wildman–Crippen LogP) is 3.21. The van der Waals surface area contributed by atoms with Gasteiger partial charge in [-0.2, -0.15) is 4.39 Å². The van der Waals surface area contributed by atoms with Crippen LogP contribution in [0.5, 0.6) is 0 Å². The highest BCUT2D eigenvalue weighted by Gasteiger charge is 2.38. The van der Waals surface area contributed by atoms with Gasteiger partial charge in [-0.15, -0.1) is 0 Å². The molecule has 1 aliphatic rings. The van der Waals surface area contributed by atoms with Gasteiger partial charge < -0.3 is 10.4 Å². The lowest BCUT2D eigenvalue weighted by atomic mass is 10.0. The van der Waals surface area contributed by atoms with Gasteiger partial charge in [-0.1, -0.05) is 15.9 Å². The van der Waals surface area contributed by atoms with Crippen LogP contribution in [-0.2, 0) is 0 Å². The monoisotopic (exact) mass is 332 g/mol. The number of nitro benzene ring substituents is 1. The third-order valence-electron chi connectivity index (χ3n) is 3.47. The van der Waals surface area contributed by atoms with Crippen molar-refractivity contribution in [1.29, 1.82) is 0 Å². The first kappa shape index (κ1) is 14.2.